The highest BCUT2D eigenvalue weighted by atomic mass is 32.2. The average Bonchev–Trinajstić information content (AvgIpc) is 3.36. The lowest BCUT2D eigenvalue weighted by molar-refractivity contribution is -0.139. The molecule has 168 valence electrons. The zero-order valence-corrected chi connectivity index (χ0v) is 18.8. The number of carbonyl (C=O) groups is 3. The topological polar surface area (TPSA) is 108 Å². The molecule has 0 aliphatic carbocycles. The number of anilines is 1. The minimum absolute atomic E-state index is 0.0279. The normalized spacial score (nSPS) is 33.4. The van der Waals surface area contributed by atoms with Crippen molar-refractivity contribution in [2.45, 2.75) is 35.8 Å². The van der Waals surface area contributed by atoms with Crippen molar-refractivity contribution in [1.29, 1.82) is 0 Å². The van der Waals surface area contributed by atoms with Crippen LogP contribution in [0.4, 0.5) is 5.69 Å². The number of benzene rings is 1. The van der Waals surface area contributed by atoms with Crippen molar-refractivity contribution >= 4 is 35.2 Å². The largest absolute Gasteiger partial charge is 0.497 e. The third kappa shape index (κ3) is 3.29. The number of likely N-dealkylation sites (tertiary alicyclic amines) is 1. The van der Waals surface area contributed by atoms with E-state index in [2.05, 4.69) is 17.6 Å². The summed E-state index contributed by atoms with van der Waals surface area (Å²) in [7, 11) is 3.17. The molecule has 2 bridgehead atoms. The number of amides is 3. The van der Waals surface area contributed by atoms with Crippen LogP contribution >= 0.6 is 11.8 Å². The average molecular weight is 448 g/mol. The fourth-order valence-electron chi connectivity index (χ4n) is 5.65. The molecule has 0 aromatic heterocycles. The molecule has 3 unspecified atom stereocenters. The van der Waals surface area contributed by atoms with Crippen LogP contribution in [0, 0.1) is 17.8 Å². The van der Waals surface area contributed by atoms with Gasteiger partial charge in [0.15, 0.2) is 0 Å². The molecule has 31 heavy (non-hydrogen) atoms. The summed E-state index contributed by atoms with van der Waals surface area (Å²) in [6, 6.07) is 6.35. The maximum Gasteiger partial charge on any atom is 0.248 e. The fraction of sp³-hybridized carbons (Fsp3) is 0.591. The van der Waals surface area contributed by atoms with Crippen LogP contribution in [0.3, 0.4) is 0 Å². The highest BCUT2D eigenvalue weighted by Crippen LogP contribution is 2.68. The lowest BCUT2D eigenvalue weighted by atomic mass is 9.66. The Morgan fingerprint density at radius 3 is 2.61 bits per heavy atom. The highest BCUT2D eigenvalue weighted by molar-refractivity contribution is 8.02. The molecule has 3 fully saturated rings. The first-order chi connectivity index (χ1) is 14.9. The predicted molar refractivity (Wildman–Crippen MR) is 118 cm³/mol. The molecular weight excluding hydrogens is 418 g/mol. The van der Waals surface area contributed by atoms with Crippen molar-refractivity contribution in [1.82, 2.24) is 10.2 Å². The van der Waals surface area contributed by atoms with Crippen LogP contribution in [-0.4, -0.2) is 71.1 Å². The summed E-state index contributed by atoms with van der Waals surface area (Å²) in [6.45, 7) is 2.29. The number of fused-ring (bicyclic) bond motifs is 1. The number of aliphatic hydroxyl groups excluding tert-OH is 1. The van der Waals surface area contributed by atoms with Crippen molar-refractivity contribution in [3.8, 4) is 5.75 Å². The first-order valence-electron chi connectivity index (χ1n) is 10.6. The second kappa shape index (κ2) is 8.35. The van der Waals surface area contributed by atoms with Crippen LogP contribution in [0.1, 0.15) is 19.8 Å². The van der Waals surface area contributed by atoms with Crippen molar-refractivity contribution in [2.75, 3.05) is 32.6 Å². The van der Waals surface area contributed by atoms with E-state index in [1.807, 2.05) is 0 Å². The molecule has 3 aliphatic heterocycles. The van der Waals surface area contributed by atoms with Gasteiger partial charge < -0.3 is 25.4 Å². The molecule has 6 atom stereocenters. The monoisotopic (exact) mass is 447 g/mol. The van der Waals surface area contributed by atoms with Gasteiger partial charge in [-0.15, -0.1) is 11.8 Å². The lowest BCUT2D eigenvalue weighted by Crippen LogP contribution is -2.55. The Labute approximate surface area is 186 Å². The lowest BCUT2D eigenvalue weighted by Gasteiger charge is -2.38. The maximum atomic E-state index is 13.6. The van der Waals surface area contributed by atoms with Crippen molar-refractivity contribution in [3.63, 3.8) is 0 Å². The van der Waals surface area contributed by atoms with Gasteiger partial charge in [-0.1, -0.05) is 6.92 Å². The quantitative estimate of drug-likeness (QED) is 0.578. The number of thioether (sulfide) groups is 1. The number of aliphatic hydroxyl groups is 1. The molecular formula is C22H29N3O5S. The first-order valence-corrected chi connectivity index (χ1v) is 11.5. The van der Waals surface area contributed by atoms with Crippen LogP contribution in [0.15, 0.2) is 24.3 Å². The summed E-state index contributed by atoms with van der Waals surface area (Å²) in [5.41, 5.74) is 0.619. The fourth-order valence-corrected chi connectivity index (χ4v) is 8.08. The molecule has 4 rings (SSSR count). The summed E-state index contributed by atoms with van der Waals surface area (Å²) in [5.74, 6) is -0.712. The smallest absolute Gasteiger partial charge is 0.248 e. The van der Waals surface area contributed by atoms with E-state index < -0.39 is 22.6 Å². The first kappa shape index (κ1) is 22.0. The van der Waals surface area contributed by atoms with Crippen molar-refractivity contribution < 1.29 is 24.2 Å². The van der Waals surface area contributed by atoms with E-state index in [1.165, 1.54) is 0 Å². The van der Waals surface area contributed by atoms with E-state index in [-0.39, 0.29) is 42.0 Å². The zero-order chi connectivity index (χ0) is 22.3. The summed E-state index contributed by atoms with van der Waals surface area (Å²) in [4.78, 5) is 41.4. The van der Waals surface area contributed by atoms with E-state index in [4.69, 9.17) is 4.74 Å². The van der Waals surface area contributed by atoms with Crippen LogP contribution < -0.4 is 15.4 Å². The Bertz CT molecular complexity index is 878. The highest BCUT2D eigenvalue weighted by Gasteiger charge is 2.75. The number of carbonyl (C=O) groups excluding carboxylic acids is 3. The molecule has 1 aromatic carbocycles. The van der Waals surface area contributed by atoms with E-state index in [9.17, 15) is 19.5 Å². The maximum absolute atomic E-state index is 13.6. The van der Waals surface area contributed by atoms with Crippen molar-refractivity contribution in [3.05, 3.63) is 24.3 Å². The Morgan fingerprint density at radius 2 is 2.00 bits per heavy atom. The van der Waals surface area contributed by atoms with Gasteiger partial charge in [0.25, 0.3) is 0 Å². The standard InChI is InChI=1S/C22H29N3O5S/c1-12-11-15-16(19(27)23-2)17-21(29)25(9-4-10-26)18(22(12,17)31-15)20(28)24-13-5-7-14(30-3)8-6-13/h5-8,12,15-18,26H,4,9-11H2,1-3H3,(H,23,27)(H,24,28)/t12?,15-,16+,17-,18?,22?/m0/s1. The number of hydrogen-bond acceptors (Lipinski definition) is 6. The van der Waals surface area contributed by atoms with Gasteiger partial charge in [-0.3, -0.25) is 14.4 Å². The van der Waals surface area contributed by atoms with Gasteiger partial charge in [-0.25, -0.2) is 0 Å². The summed E-state index contributed by atoms with van der Waals surface area (Å²) in [6.07, 6.45) is 1.18. The molecule has 3 saturated heterocycles. The van der Waals surface area contributed by atoms with Crippen LogP contribution in [-0.2, 0) is 14.4 Å². The molecule has 0 radical (unpaired) electrons. The minimum atomic E-state index is -0.696. The van der Waals surface area contributed by atoms with Gasteiger partial charge in [0.1, 0.15) is 11.8 Å². The van der Waals surface area contributed by atoms with E-state index in [1.54, 1.807) is 55.1 Å². The molecule has 9 heteroatoms. The van der Waals surface area contributed by atoms with E-state index in [0.29, 0.717) is 17.9 Å². The molecule has 3 N–H and O–H groups in total. The van der Waals surface area contributed by atoms with Gasteiger partial charge in [-0.05, 0) is 43.0 Å². The Hall–Kier alpha value is -2.26. The van der Waals surface area contributed by atoms with Crippen LogP contribution in [0.2, 0.25) is 0 Å². The number of hydrogen-bond donors (Lipinski definition) is 3. The van der Waals surface area contributed by atoms with Gasteiger partial charge in [-0.2, -0.15) is 0 Å². The summed E-state index contributed by atoms with van der Waals surface area (Å²) in [5, 5.41) is 15.1. The second-order valence-corrected chi connectivity index (χ2v) is 10.0. The number of rotatable bonds is 7. The minimum Gasteiger partial charge on any atom is -0.497 e. The molecule has 3 aliphatic rings. The number of ether oxygens (including phenoxy) is 1. The number of methoxy groups -OCH3 is 1. The molecule has 1 spiro atoms. The van der Waals surface area contributed by atoms with E-state index in [0.717, 1.165) is 6.42 Å². The molecule has 3 heterocycles. The Kier molecular flexibility index (Phi) is 5.91. The number of nitrogens with one attached hydrogen (secondary N) is 2. The zero-order valence-electron chi connectivity index (χ0n) is 18.0. The Balaban J connectivity index is 1.70. The number of nitrogens with zero attached hydrogens (tertiary/aromatic N) is 1. The SMILES string of the molecule is CNC(=O)[C@@H]1[C@@H]2CC(C)C3(S2)C(C(=O)Nc2ccc(OC)cc2)N(CCCO)C(=O)[C@H]13. The van der Waals surface area contributed by atoms with Gasteiger partial charge in [0, 0.05) is 31.1 Å². The third-order valence-electron chi connectivity index (χ3n) is 6.96. The molecule has 3 amide bonds. The van der Waals surface area contributed by atoms with Gasteiger partial charge >= 0.3 is 0 Å². The second-order valence-electron chi connectivity index (χ2n) is 8.49. The van der Waals surface area contributed by atoms with Gasteiger partial charge in [0.2, 0.25) is 17.7 Å². The molecule has 0 saturated carbocycles. The summed E-state index contributed by atoms with van der Waals surface area (Å²) < 4.78 is 4.53. The van der Waals surface area contributed by atoms with Crippen molar-refractivity contribution in [2.24, 2.45) is 17.8 Å². The summed E-state index contributed by atoms with van der Waals surface area (Å²) >= 11 is 1.64. The molecule has 1 aromatic rings. The van der Waals surface area contributed by atoms with E-state index >= 15 is 0 Å². The Morgan fingerprint density at radius 1 is 1.29 bits per heavy atom. The van der Waals surface area contributed by atoms with Gasteiger partial charge in [0.05, 0.1) is 23.7 Å². The van der Waals surface area contributed by atoms with Crippen LogP contribution in [0.5, 0.6) is 5.75 Å². The molecule has 8 nitrogen and oxygen atoms in total. The third-order valence-corrected chi connectivity index (χ3v) is 9.03. The van der Waals surface area contributed by atoms with Crippen LogP contribution in [0.25, 0.3) is 0 Å². The predicted octanol–water partition coefficient (Wildman–Crippen LogP) is 1.10.